The largest absolute Gasteiger partial charge is 0.515 e. The minimum atomic E-state index is -0.827. The van der Waals surface area contributed by atoms with Crippen LogP contribution in [0.5, 0.6) is 11.5 Å². The van der Waals surface area contributed by atoms with Crippen molar-refractivity contribution in [2.24, 2.45) is 0 Å². The van der Waals surface area contributed by atoms with Gasteiger partial charge in [-0.15, -0.1) is 0 Å². The quantitative estimate of drug-likeness (QED) is 0.236. The predicted octanol–water partition coefficient (Wildman–Crippen LogP) is 1.56. The highest BCUT2D eigenvalue weighted by Crippen LogP contribution is 2.18. The van der Waals surface area contributed by atoms with Gasteiger partial charge in [0.2, 0.25) is 0 Å². The van der Waals surface area contributed by atoms with Gasteiger partial charge in [0, 0.05) is 7.11 Å². The molecule has 20 heavy (non-hydrogen) atoms. The Kier molecular flexibility index (Phi) is 5.60. The Hall–Kier alpha value is -1.83. The van der Waals surface area contributed by atoms with Crippen molar-refractivity contribution in [3.63, 3.8) is 0 Å². The minimum absolute atomic E-state index is 0.134. The summed E-state index contributed by atoms with van der Waals surface area (Å²) in [6, 6.07) is 6.49. The van der Waals surface area contributed by atoms with Crippen LogP contribution in [0.3, 0.4) is 0 Å². The first kappa shape index (κ1) is 14.6. The van der Waals surface area contributed by atoms with Crippen LogP contribution in [0.4, 0.5) is 4.79 Å². The predicted molar refractivity (Wildman–Crippen MR) is 66.6 cm³/mol. The molecule has 0 aromatic heterocycles. The Morgan fingerprint density at radius 1 is 1.25 bits per heavy atom. The summed E-state index contributed by atoms with van der Waals surface area (Å²) in [4.78, 5) is 11.3. The molecule has 0 spiro atoms. The van der Waals surface area contributed by atoms with Gasteiger partial charge < -0.3 is 28.4 Å². The molecule has 1 saturated heterocycles. The van der Waals surface area contributed by atoms with Crippen molar-refractivity contribution in [2.45, 2.75) is 6.10 Å². The fraction of sp³-hybridized carbons (Fsp3) is 0.462. The van der Waals surface area contributed by atoms with Crippen LogP contribution in [-0.4, -0.2) is 46.2 Å². The third-order valence-electron chi connectivity index (χ3n) is 2.33. The number of hydrogen-bond donors (Lipinski definition) is 0. The van der Waals surface area contributed by atoms with E-state index >= 15 is 0 Å². The second-order valence-corrected chi connectivity index (χ2v) is 3.96. The topological polar surface area (TPSA) is 75.8 Å². The van der Waals surface area contributed by atoms with Gasteiger partial charge in [0.15, 0.2) is 13.6 Å². The summed E-state index contributed by atoms with van der Waals surface area (Å²) in [5.74, 6) is 0.964. The molecule has 0 aliphatic carbocycles. The molecule has 1 aromatic carbocycles. The monoisotopic (exact) mass is 284 g/mol. The number of epoxide rings is 1. The molecule has 1 fully saturated rings. The maximum Gasteiger partial charge on any atom is 0.515 e. The van der Waals surface area contributed by atoms with Crippen molar-refractivity contribution in [3.05, 3.63) is 24.3 Å². The molecule has 0 bridgehead atoms. The van der Waals surface area contributed by atoms with Crippen molar-refractivity contribution in [3.8, 4) is 11.5 Å². The SMILES string of the molecule is COCOc1ccc(OC(=O)OCOCC2CO2)cc1. The van der Waals surface area contributed by atoms with E-state index in [1.54, 1.807) is 24.3 Å². The first-order valence-electron chi connectivity index (χ1n) is 6.03. The highest BCUT2D eigenvalue weighted by Gasteiger charge is 2.22. The fourth-order valence-electron chi connectivity index (χ4n) is 1.29. The van der Waals surface area contributed by atoms with Crippen LogP contribution in [0.15, 0.2) is 24.3 Å². The number of benzene rings is 1. The smallest absolute Gasteiger partial charge is 0.468 e. The average Bonchev–Trinajstić information content (AvgIpc) is 3.27. The Labute approximate surface area is 116 Å². The van der Waals surface area contributed by atoms with Gasteiger partial charge in [0.05, 0.1) is 13.2 Å². The molecule has 1 heterocycles. The first-order valence-corrected chi connectivity index (χ1v) is 6.03. The van der Waals surface area contributed by atoms with Crippen molar-refractivity contribution in [1.82, 2.24) is 0 Å². The van der Waals surface area contributed by atoms with E-state index in [-0.39, 0.29) is 19.7 Å². The number of methoxy groups -OCH3 is 1. The number of hydrogen-bond acceptors (Lipinski definition) is 7. The van der Waals surface area contributed by atoms with Gasteiger partial charge in [-0.2, -0.15) is 0 Å². The average molecular weight is 284 g/mol. The Morgan fingerprint density at radius 3 is 2.60 bits per heavy atom. The van der Waals surface area contributed by atoms with Crippen molar-refractivity contribution >= 4 is 6.16 Å². The molecule has 7 nitrogen and oxygen atoms in total. The summed E-state index contributed by atoms with van der Waals surface area (Å²) in [5.41, 5.74) is 0. The van der Waals surface area contributed by atoms with Crippen molar-refractivity contribution in [2.75, 3.05) is 33.9 Å². The zero-order valence-electron chi connectivity index (χ0n) is 11.1. The summed E-state index contributed by atoms with van der Waals surface area (Å²) in [5, 5.41) is 0. The van der Waals surface area contributed by atoms with E-state index in [1.807, 2.05) is 0 Å². The molecular formula is C13H16O7. The molecule has 0 N–H and O–H groups in total. The van der Waals surface area contributed by atoms with Gasteiger partial charge in [-0.05, 0) is 24.3 Å². The van der Waals surface area contributed by atoms with Crippen LogP contribution in [-0.2, 0) is 18.9 Å². The Morgan fingerprint density at radius 2 is 1.95 bits per heavy atom. The Bertz CT molecular complexity index is 413. The summed E-state index contributed by atoms with van der Waals surface area (Å²) in [6.45, 7) is 1.11. The molecule has 1 aliphatic heterocycles. The zero-order valence-corrected chi connectivity index (χ0v) is 11.1. The minimum Gasteiger partial charge on any atom is -0.468 e. The highest BCUT2D eigenvalue weighted by atomic mass is 16.8. The first-order chi connectivity index (χ1) is 9.78. The lowest BCUT2D eigenvalue weighted by Gasteiger charge is -2.07. The molecule has 0 amide bonds. The molecule has 110 valence electrons. The van der Waals surface area contributed by atoms with E-state index in [4.69, 9.17) is 28.4 Å². The van der Waals surface area contributed by atoms with Crippen LogP contribution in [0.25, 0.3) is 0 Å². The molecular weight excluding hydrogens is 268 g/mol. The molecule has 2 rings (SSSR count). The standard InChI is InChI=1S/C13H16O7/c1-15-8-18-10-2-4-11(5-3-10)20-13(14)19-9-16-6-12-7-17-12/h2-5,12H,6-9H2,1H3. The van der Waals surface area contributed by atoms with E-state index in [0.717, 1.165) is 0 Å². The lowest BCUT2D eigenvalue weighted by Crippen LogP contribution is -2.14. The molecule has 7 heteroatoms. The van der Waals surface area contributed by atoms with E-state index in [2.05, 4.69) is 0 Å². The van der Waals surface area contributed by atoms with E-state index in [0.29, 0.717) is 24.7 Å². The van der Waals surface area contributed by atoms with Gasteiger partial charge in [-0.25, -0.2) is 4.79 Å². The normalized spacial score (nSPS) is 16.6. The molecule has 0 saturated carbocycles. The van der Waals surface area contributed by atoms with Crippen LogP contribution < -0.4 is 9.47 Å². The summed E-state index contributed by atoms with van der Waals surface area (Å²) >= 11 is 0. The van der Waals surface area contributed by atoms with Crippen LogP contribution in [0.2, 0.25) is 0 Å². The van der Waals surface area contributed by atoms with Gasteiger partial charge in [0.1, 0.15) is 17.6 Å². The third-order valence-corrected chi connectivity index (χ3v) is 2.33. The maximum absolute atomic E-state index is 11.3. The van der Waals surface area contributed by atoms with Gasteiger partial charge in [0.25, 0.3) is 0 Å². The van der Waals surface area contributed by atoms with E-state index < -0.39 is 6.16 Å². The van der Waals surface area contributed by atoms with E-state index in [9.17, 15) is 4.79 Å². The van der Waals surface area contributed by atoms with Crippen LogP contribution >= 0.6 is 0 Å². The van der Waals surface area contributed by atoms with Gasteiger partial charge >= 0.3 is 6.16 Å². The third kappa shape index (κ3) is 5.43. The lowest BCUT2D eigenvalue weighted by molar-refractivity contribution is -0.0346. The number of ether oxygens (including phenoxy) is 6. The second-order valence-electron chi connectivity index (χ2n) is 3.96. The Balaban J connectivity index is 1.64. The molecule has 0 radical (unpaired) electrons. The van der Waals surface area contributed by atoms with Crippen LogP contribution in [0.1, 0.15) is 0 Å². The number of carbonyl (C=O) groups excluding carboxylic acids is 1. The van der Waals surface area contributed by atoms with Gasteiger partial charge in [-0.3, -0.25) is 0 Å². The van der Waals surface area contributed by atoms with Crippen molar-refractivity contribution < 1.29 is 33.2 Å². The molecule has 1 atom stereocenters. The van der Waals surface area contributed by atoms with E-state index in [1.165, 1.54) is 7.11 Å². The fourth-order valence-corrected chi connectivity index (χ4v) is 1.29. The number of rotatable bonds is 8. The summed E-state index contributed by atoms with van der Waals surface area (Å²) < 4.78 is 29.6. The highest BCUT2D eigenvalue weighted by molar-refractivity contribution is 5.63. The second kappa shape index (κ2) is 7.68. The van der Waals surface area contributed by atoms with Crippen LogP contribution in [0, 0.1) is 0 Å². The molecule has 1 aliphatic rings. The van der Waals surface area contributed by atoms with Crippen molar-refractivity contribution in [1.29, 1.82) is 0 Å². The number of carbonyl (C=O) groups is 1. The molecule has 1 unspecified atom stereocenters. The molecule has 1 aromatic rings. The lowest BCUT2D eigenvalue weighted by atomic mass is 10.3. The summed E-state index contributed by atoms with van der Waals surface area (Å²) in [6.07, 6.45) is -0.693. The van der Waals surface area contributed by atoms with Gasteiger partial charge in [-0.1, -0.05) is 0 Å². The zero-order chi connectivity index (χ0) is 14.2. The maximum atomic E-state index is 11.3. The summed E-state index contributed by atoms with van der Waals surface area (Å²) in [7, 11) is 1.53.